The van der Waals surface area contributed by atoms with Crippen molar-refractivity contribution in [1.82, 2.24) is 9.55 Å². The van der Waals surface area contributed by atoms with Crippen molar-refractivity contribution in [2.24, 2.45) is 7.05 Å². The molecule has 1 unspecified atom stereocenters. The second-order valence-corrected chi connectivity index (χ2v) is 2.49. The van der Waals surface area contributed by atoms with Crippen LogP contribution in [0.3, 0.4) is 0 Å². The highest BCUT2D eigenvalue weighted by Crippen LogP contribution is 2.14. The third kappa shape index (κ3) is 1.40. The van der Waals surface area contributed by atoms with Crippen LogP contribution in [0.15, 0.2) is 12.4 Å². The summed E-state index contributed by atoms with van der Waals surface area (Å²) in [6, 6.07) is 2.21. The van der Waals surface area contributed by atoms with E-state index >= 15 is 0 Å². The zero-order valence-corrected chi connectivity index (χ0v) is 6.78. The minimum Gasteiger partial charge on any atom is -0.337 e. The molecule has 11 heavy (non-hydrogen) atoms. The standard InChI is InChI=1S/C8H11N3/c1-3-7(6-9)8-10-4-5-11(8)2/h4-5,7H,3H2,1-2H3. The molecule has 0 aliphatic heterocycles. The predicted octanol–water partition coefficient (Wildman–Crippen LogP) is 1.44. The van der Waals surface area contributed by atoms with E-state index in [1.54, 1.807) is 6.20 Å². The van der Waals surface area contributed by atoms with Crippen LogP contribution in [0.25, 0.3) is 0 Å². The first kappa shape index (κ1) is 7.80. The van der Waals surface area contributed by atoms with Gasteiger partial charge in [0.25, 0.3) is 0 Å². The number of aromatic nitrogens is 2. The molecule has 0 amide bonds. The Balaban J connectivity index is 2.92. The van der Waals surface area contributed by atoms with Crippen LogP contribution in [-0.4, -0.2) is 9.55 Å². The Hall–Kier alpha value is -1.30. The van der Waals surface area contributed by atoms with Crippen molar-refractivity contribution in [3.63, 3.8) is 0 Å². The molecule has 1 atom stereocenters. The van der Waals surface area contributed by atoms with Gasteiger partial charge in [-0.1, -0.05) is 6.92 Å². The van der Waals surface area contributed by atoms with E-state index in [0.717, 1.165) is 12.2 Å². The van der Waals surface area contributed by atoms with Gasteiger partial charge >= 0.3 is 0 Å². The summed E-state index contributed by atoms with van der Waals surface area (Å²) in [4.78, 5) is 4.10. The van der Waals surface area contributed by atoms with Gasteiger partial charge < -0.3 is 4.57 Å². The van der Waals surface area contributed by atoms with Crippen LogP contribution in [-0.2, 0) is 7.05 Å². The molecule has 3 nitrogen and oxygen atoms in total. The van der Waals surface area contributed by atoms with Crippen LogP contribution in [0.1, 0.15) is 25.1 Å². The lowest BCUT2D eigenvalue weighted by molar-refractivity contribution is 0.699. The van der Waals surface area contributed by atoms with Crippen LogP contribution in [0, 0.1) is 11.3 Å². The van der Waals surface area contributed by atoms with E-state index in [9.17, 15) is 0 Å². The van der Waals surface area contributed by atoms with Crippen LogP contribution in [0.5, 0.6) is 0 Å². The first-order chi connectivity index (χ1) is 5.29. The number of nitriles is 1. The molecule has 0 saturated carbocycles. The molecule has 3 heteroatoms. The second-order valence-electron chi connectivity index (χ2n) is 2.49. The fourth-order valence-corrected chi connectivity index (χ4v) is 1.04. The molecule has 0 saturated heterocycles. The molecule has 0 aliphatic carbocycles. The van der Waals surface area contributed by atoms with Crippen molar-refractivity contribution < 1.29 is 0 Å². The van der Waals surface area contributed by atoms with E-state index < -0.39 is 0 Å². The Labute approximate surface area is 66.3 Å². The molecule has 58 valence electrons. The maximum Gasteiger partial charge on any atom is 0.125 e. The predicted molar refractivity (Wildman–Crippen MR) is 41.9 cm³/mol. The quantitative estimate of drug-likeness (QED) is 0.638. The Morgan fingerprint density at radius 2 is 2.55 bits per heavy atom. The lowest BCUT2D eigenvalue weighted by atomic mass is 10.1. The molecule has 1 aromatic heterocycles. The van der Waals surface area contributed by atoms with Gasteiger partial charge in [0.05, 0.1) is 6.07 Å². The Kier molecular flexibility index (Phi) is 2.27. The SMILES string of the molecule is CCC(C#N)c1nccn1C. The summed E-state index contributed by atoms with van der Waals surface area (Å²) >= 11 is 0. The molecule has 1 rings (SSSR count). The lowest BCUT2D eigenvalue weighted by Gasteiger charge is -2.04. The number of rotatable bonds is 2. The molecule has 0 fully saturated rings. The van der Waals surface area contributed by atoms with Gasteiger partial charge in [0, 0.05) is 19.4 Å². The van der Waals surface area contributed by atoms with Gasteiger partial charge in [-0.2, -0.15) is 5.26 Å². The molecular weight excluding hydrogens is 138 g/mol. The highest BCUT2D eigenvalue weighted by atomic mass is 15.0. The number of aryl methyl sites for hydroxylation is 1. The van der Waals surface area contributed by atoms with Crippen LogP contribution in [0.4, 0.5) is 0 Å². The van der Waals surface area contributed by atoms with E-state index in [2.05, 4.69) is 11.1 Å². The topological polar surface area (TPSA) is 41.6 Å². The largest absolute Gasteiger partial charge is 0.337 e. The van der Waals surface area contributed by atoms with Crippen LogP contribution < -0.4 is 0 Å². The number of hydrogen-bond acceptors (Lipinski definition) is 2. The van der Waals surface area contributed by atoms with Crippen molar-refractivity contribution in [1.29, 1.82) is 5.26 Å². The molecule has 0 spiro atoms. The van der Waals surface area contributed by atoms with Gasteiger partial charge in [-0.25, -0.2) is 4.98 Å². The van der Waals surface area contributed by atoms with Gasteiger partial charge in [-0.3, -0.25) is 0 Å². The smallest absolute Gasteiger partial charge is 0.125 e. The normalized spacial score (nSPS) is 12.5. The lowest BCUT2D eigenvalue weighted by Crippen LogP contribution is -2.02. The van der Waals surface area contributed by atoms with Gasteiger partial charge in [-0.15, -0.1) is 0 Å². The van der Waals surface area contributed by atoms with Gasteiger partial charge in [-0.05, 0) is 6.42 Å². The maximum atomic E-state index is 8.72. The van der Waals surface area contributed by atoms with Gasteiger partial charge in [0.15, 0.2) is 0 Å². The average Bonchev–Trinajstić information content (AvgIpc) is 2.40. The zero-order chi connectivity index (χ0) is 8.27. The Morgan fingerprint density at radius 3 is 2.91 bits per heavy atom. The molecule has 0 aromatic carbocycles. The third-order valence-corrected chi connectivity index (χ3v) is 1.73. The minimum absolute atomic E-state index is 0.0602. The van der Waals surface area contributed by atoms with Crippen molar-refractivity contribution in [2.45, 2.75) is 19.3 Å². The summed E-state index contributed by atoms with van der Waals surface area (Å²) in [6.45, 7) is 1.99. The summed E-state index contributed by atoms with van der Waals surface area (Å²) in [5.74, 6) is 0.796. The van der Waals surface area contributed by atoms with Crippen molar-refractivity contribution in [3.05, 3.63) is 18.2 Å². The second kappa shape index (κ2) is 3.20. The van der Waals surface area contributed by atoms with E-state index in [4.69, 9.17) is 5.26 Å². The third-order valence-electron chi connectivity index (χ3n) is 1.73. The average molecular weight is 149 g/mol. The maximum absolute atomic E-state index is 8.72. The van der Waals surface area contributed by atoms with Crippen molar-refractivity contribution in [2.75, 3.05) is 0 Å². The fraction of sp³-hybridized carbons (Fsp3) is 0.500. The monoisotopic (exact) mass is 149 g/mol. The molecule has 1 heterocycles. The number of nitrogens with zero attached hydrogens (tertiary/aromatic N) is 3. The fourth-order valence-electron chi connectivity index (χ4n) is 1.04. The summed E-state index contributed by atoms with van der Waals surface area (Å²) < 4.78 is 1.89. The number of imidazole rings is 1. The van der Waals surface area contributed by atoms with Gasteiger partial charge in [0.2, 0.25) is 0 Å². The Morgan fingerprint density at radius 1 is 1.82 bits per heavy atom. The van der Waals surface area contributed by atoms with Crippen LogP contribution in [0.2, 0.25) is 0 Å². The minimum atomic E-state index is -0.0602. The first-order valence-electron chi connectivity index (χ1n) is 3.66. The molecule has 1 aromatic rings. The summed E-state index contributed by atoms with van der Waals surface area (Å²) in [5.41, 5.74) is 0. The summed E-state index contributed by atoms with van der Waals surface area (Å²) in [5, 5.41) is 8.72. The molecule has 0 bridgehead atoms. The first-order valence-corrected chi connectivity index (χ1v) is 3.66. The number of hydrogen-bond donors (Lipinski definition) is 0. The van der Waals surface area contributed by atoms with E-state index in [1.807, 2.05) is 24.7 Å². The summed E-state index contributed by atoms with van der Waals surface area (Å²) in [7, 11) is 1.91. The molecule has 0 N–H and O–H groups in total. The van der Waals surface area contributed by atoms with Gasteiger partial charge in [0.1, 0.15) is 11.7 Å². The highest BCUT2D eigenvalue weighted by molar-refractivity contribution is 5.09. The van der Waals surface area contributed by atoms with E-state index in [0.29, 0.717) is 0 Å². The molecular formula is C8H11N3. The van der Waals surface area contributed by atoms with Crippen molar-refractivity contribution >= 4 is 0 Å². The van der Waals surface area contributed by atoms with E-state index in [1.165, 1.54) is 0 Å². The Bertz CT molecular complexity index is 269. The van der Waals surface area contributed by atoms with E-state index in [-0.39, 0.29) is 5.92 Å². The summed E-state index contributed by atoms with van der Waals surface area (Å²) in [6.07, 6.45) is 4.39. The van der Waals surface area contributed by atoms with Crippen molar-refractivity contribution in [3.8, 4) is 6.07 Å². The highest BCUT2D eigenvalue weighted by Gasteiger charge is 2.11. The molecule has 0 aliphatic rings. The molecule has 0 radical (unpaired) electrons. The zero-order valence-electron chi connectivity index (χ0n) is 6.78. The van der Waals surface area contributed by atoms with Crippen LogP contribution >= 0.6 is 0 Å².